The Morgan fingerprint density at radius 1 is 0.935 bits per heavy atom. The Hall–Kier alpha value is -0.300. The minimum absolute atomic E-state index is 0.0356. The number of fused-ring (bicyclic) bond motifs is 2. The summed E-state index contributed by atoms with van der Waals surface area (Å²) in [4.78, 5) is 0. The maximum Gasteiger partial charge on any atom is 0.0568 e. The van der Waals surface area contributed by atoms with E-state index >= 15 is 0 Å². The summed E-state index contributed by atoms with van der Waals surface area (Å²) in [5.41, 5.74) is 3.76. The summed E-state index contributed by atoms with van der Waals surface area (Å²) in [6.07, 6.45) is 15.1. The van der Waals surface area contributed by atoms with E-state index in [1.54, 1.807) is 0 Å². The molecule has 1 N–H and O–H groups in total. The topological polar surface area (TPSA) is 20.2 Å². The molecule has 2 spiro atoms. The molecule has 0 aliphatic heterocycles. The third-order valence-electron chi connectivity index (χ3n) is 13.1. The standard InChI is InChI=1S/C30H50O/c1-19(2)20(3)8-9-21(4)23-12-14-28(7)26-11-10-24-22(5)25(31)13-15-29(24)18-30(26,29)17-16-27(23,28)6/h19,21-26,31H,3,8-18H2,1-2,4-7H3/t21-,22+,23-,24-,25+,26-,27-,28-,29-,30+/m1/s1. The van der Waals surface area contributed by atoms with Crippen molar-refractivity contribution in [3.63, 3.8) is 0 Å². The van der Waals surface area contributed by atoms with Crippen molar-refractivity contribution in [2.24, 2.45) is 57.2 Å². The van der Waals surface area contributed by atoms with Crippen LogP contribution >= 0.6 is 0 Å². The van der Waals surface area contributed by atoms with Crippen molar-refractivity contribution in [3.8, 4) is 0 Å². The average Bonchev–Trinajstić information content (AvgIpc) is 3.31. The number of aliphatic hydroxyl groups excluding tert-OH is 1. The lowest BCUT2D eigenvalue weighted by Gasteiger charge is -2.62. The van der Waals surface area contributed by atoms with Crippen LogP contribution in [-0.2, 0) is 0 Å². The highest BCUT2D eigenvalue weighted by atomic mass is 16.3. The van der Waals surface area contributed by atoms with Crippen LogP contribution in [0.15, 0.2) is 12.2 Å². The zero-order chi connectivity index (χ0) is 22.4. The van der Waals surface area contributed by atoms with E-state index in [-0.39, 0.29) is 6.10 Å². The summed E-state index contributed by atoms with van der Waals surface area (Å²) < 4.78 is 0. The van der Waals surface area contributed by atoms with Crippen molar-refractivity contribution in [1.29, 1.82) is 0 Å². The van der Waals surface area contributed by atoms with Crippen molar-refractivity contribution in [2.45, 2.75) is 118 Å². The molecule has 0 heterocycles. The van der Waals surface area contributed by atoms with Crippen molar-refractivity contribution in [1.82, 2.24) is 0 Å². The Labute approximate surface area is 192 Å². The maximum absolute atomic E-state index is 10.6. The van der Waals surface area contributed by atoms with Gasteiger partial charge in [0, 0.05) is 0 Å². The molecule has 0 aromatic heterocycles. The summed E-state index contributed by atoms with van der Waals surface area (Å²) in [6, 6.07) is 0. The van der Waals surface area contributed by atoms with Crippen LogP contribution in [0.25, 0.3) is 0 Å². The predicted octanol–water partition coefficient (Wildman–Crippen LogP) is 8.02. The zero-order valence-electron chi connectivity index (χ0n) is 21.5. The molecular formula is C30H50O. The first-order chi connectivity index (χ1) is 14.5. The molecule has 0 radical (unpaired) electrons. The summed E-state index contributed by atoms with van der Waals surface area (Å²) in [5.74, 6) is 4.63. The summed E-state index contributed by atoms with van der Waals surface area (Å²) in [6.45, 7) is 19.4. The molecule has 31 heavy (non-hydrogen) atoms. The molecule has 1 heteroatoms. The minimum atomic E-state index is -0.0356. The molecule has 1 nitrogen and oxygen atoms in total. The molecule has 0 saturated heterocycles. The molecule has 0 aromatic carbocycles. The fraction of sp³-hybridized carbons (Fsp3) is 0.933. The lowest BCUT2D eigenvalue weighted by atomic mass is 9.43. The van der Waals surface area contributed by atoms with E-state index in [0.29, 0.717) is 33.5 Å². The van der Waals surface area contributed by atoms with Gasteiger partial charge in [-0.1, -0.05) is 53.7 Å². The Bertz CT molecular complexity index is 739. The first kappa shape index (κ1) is 22.5. The first-order valence-electron chi connectivity index (χ1n) is 13.9. The number of aliphatic hydroxyl groups is 1. The lowest BCUT2D eigenvalue weighted by molar-refractivity contribution is -0.142. The highest BCUT2D eigenvalue weighted by molar-refractivity contribution is 5.29. The number of hydrogen-bond donors (Lipinski definition) is 1. The summed E-state index contributed by atoms with van der Waals surface area (Å²) in [5, 5.41) is 10.6. The van der Waals surface area contributed by atoms with E-state index in [9.17, 15) is 5.11 Å². The van der Waals surface area contributed by atoms with Gasteiger partial charge in [-0.05, 0) is 128 Å². The molecule has 0 aromatic rings. The molecule has 5 aliphatic carbocycles. The van der Waals surface area contributed by atoms with Crippen LogP contribution in [0, 0.1) is 57.2 Å². The Morgan fingerprint density at radius 2 is 1.68 bits per heavy atom. The third kappa shape index (κ3) is 2.77. The van der Waals surface area contributed by atoms with E-state index in [1.807, 2.05) is 0 Å². The van der Waals surface area contributed by atoms with Crippen molar-refractivity contribution in [3.05, 3.63) is 12.2 Å². The van der Waals surface area contributed by atoms with E-state index in [2.05, 4.69) is 48.1 Å². The fourth-order valence-electron chi connectivity index (χ4n) is 10.9. The number of hydrogen-bond acceptors (Lipinski definition) is 1. The minimum Gasteiger partial charge on any atom is -0.393 e. The van der Waals surface area contributed by atoms with Crippen molar-refractivity contribution in [2.75, 3.05) is 0 Å². The Balaban J connectivity index is 1.37. The molecular weight excluding hydrogens is 376 g/mol. The molecule has 5 rings (SSSR count). The second kappa shape index (κ2) is 7.10. The average molecular weight is 427 g/mol. The van der Waals surface area contributed by atoms with Gasteiger partial charge in [-0.15, -0.1) is 0 Å². The van der Waals surface area contributed by atoms with E-state index < -0.39 is 0 Å². The highest BCUT2D eigenvalue weighted by Crippen LogP contribution is 2.88. The van der Waals surface area contributed by atoms with Crippen molar-refractivity contribution < 1.29 is 5.11 Å². The number of allylic oxidation sites excluding steroid dienone is 1. The van der Waals surface area contributed by atoms with Crippen LogP contribution in [0.3, 0.4) is 0 Å². The van der Waals surface area contributed by atoms with Gasteiger partial charge in [-0.2, -0.15) is 0 Å². The van der Waals surface area contributed by atoms with Crippen LogP contribution in [-0.4, -0.2) is 11.2 Å². The van der Waals surface area contributed by atoms with Gasteiger partial charge in [0.05, 0.1) is 6.10 Å². The van der Waals surface area contributed by atoms with Crippen molar-refractivity contribution >= 4 is 0 Å². The molecule has 5 saturated carbocycles. The van der Waals surface area contributed by atoms with Gasteiger partial charge < -0.3 is 5.11 Å². The Kier molecular flexibility index (Phi) is 5.15. The second-order valence-corrected chi connectivity index (χ2v) is 14.0. The molecule has 0 bridgehead atoms. The fourth-order valence-corrected chi connectivity index (χ4v) is 10.9. The largest absolute Gasteiger partial charge is 0.393 e. The maximum atomic E-state index is 10.6. The molecule has 0 amide bonds. The quantitative estimate of drug-likeness (QED) is 0.441. The third-order valence-corrected chi connectivity index (χ3v) is 13.1. The molecule has 5 fully saturated rings. The molecule has 0 unspecified atom stereocenters. The van der Waals surface area contributed by atoms with Crippen LogP contribution in [0.1, 0.15) is 112 Å². The van der Waals surface area contributed by atoms with Gasteiger partial charge in [0.2, 0.25) is 0 Å². The van der Waals surface area contributed by atoms with Crippen LogP contribution in [0.4, 0.5) is 0 Å². The second-order valence-electron chi connectivity index (χ2n) is 14.0. The van der Waals surface area contributed by atoms with Crippen LogP contribution < -0.4 is 0 Å². The zero-order valence-corrected chi connectivity index (χ0v) is 21.5. The van der Waals surface area contributed by atoms with Gasteiger partial charge >= 0.3 is 0 Å². The van der Waals surface area contributed by atoms with Gasteiger partial charge in [-0.25, -0.2) is 0 Å². The summed E-state index contributed by atoms with van der Waals surface area (Å²) in [7, 11) is 0. The smallest absolute Gasteiger partial charge is 0.0568 e. The van der Waals surface area contributed by atoms with Gasteiger partial charge in [0.25, 0.3) is 0 Å². The molecule has 10 atom stereocenters. The van der Waals surface area contributed by atoms with Gasteiger partial charge in [-0.3, -0.25) is 0 Å². The molecule has 5 aliphatic rings. The normalized spacial score (nSPS) is 53.9. The predicted molar refractivity (Wildman–Crippen MR) is 131 cm³/mol. The number of rotatable bonds is 5. The van der Waals surface area contributed by atoms with E-state index in [0.717, 1.165) is 30.1 Å². The monoisotopic (exact) mass is 426 g/mol. The van der Waals surface area contributed by atoms with Gasteiger partial charge in [0.1, 0.15) is 0 Å². The lowest BCUT2D eigenvalue weighted by Crippen LogP contribution is -2.55. The van der Waals surface area contributed by atoms with E-state index in [4.69, 9.17) is 0 Å². The van der Waals surface area contributed by atoms with Gasteiger partial charge in [0.15, 0.2) is 0 Å². The van der Waals surface area contributed by atoms with Crippen LogP contribution in [0.5, 0.6) is 0 Å². The van der Waals surface area contributed by atoms with E-state index in [1.165, 1.54) is 69.8 Å². The Morgan fingerprint density at radius 3 is 2.39 bits per heavy atom. The SMILES string of the molecule is C=C(CC[C@@H](C)[C@H]1CC[C@]2(C)[C@H]3CC[C@@H]4[C@H](C)[C@@H](O)CC[C@@]45C[C@@]35CC[C@]12C)C(C)C. The first-order valence-corrected chi connectivity index (χ1v) is 13.9. The summed E-state index contributed by atoms with van der Waals surface area (Å²) >= 11 is 0. The molecule has 176 valence electrons. The highest BCUT2D eigenvalue weighted by Gasteiger charge is 2.81. The van der Waals surface area contributed by atoms with Crippen LogP contribution in [0.2, 0.25) is 0 Å².